The molecule has 0 aliphatic rings. The minimum atomic E-state index is -1.08. The number of furan rings is 1. The molecule has 3 rings (SSSR count). The lowest BCUT2D eigenvalue weighted by Gasteiger charge is -2.04. The van der Waals surface area contributed by atoms with Gasteiger partial charge in [0.1, 0.15) is 5.03 Å². The van der Waals surface area contributed by atoms with Crippen molar-refractivity contribution in [3.8, 4) is 0 Å². The van der Waals surface area contributed by atoms with Gasteiger partial charge in [0.25, 0.3) is 0 Å². The van der Waals surface area contributed by atoms with Crippen LogP contribution in [0.3, 0.4) is 0 Å². The lowest BCUT2D eigenvalue weighted by Crippen LogP contribution is -1.91. The molecule has 0 radical (unpaired) electrons. The van der Waals surface area contributed by atoms with Crippen LogP contribution in [0.5, 0.6) is 0 Å². The number of carboxylic acids is 1. The second-order valence-corrected chi connectivity index (χ2v) is 5.82. The number of aromatic nitrogens is 1. The number of fused-ring (bicyclic) bond motifs is 1. The van der Waals surface area contributed by atoms with Crippen LogP contribution < -0.4 is 0 Å². The van der Waals surface area contributed by atoms with E-state index >= 15 is 0 Å². The van der Waals surface area contributed by atoms with Crippen molar-refractivity contribution in [1.82, 2.24) is 4.98 Å². The molecule has 0 fully saturated rings. The van der Waals surface area contributed by atoms with E-state index in [2.05, 4.69) is 20.9 Å². The van der Waals surface area contributed by atoms with Crippen LogP contribution in [0.15, 0.2) is 61.6 Å². The first-order valence-electron chi connectivity index (χ1n) is 5.69. The summed E-state index contributed by atoms with van der Waals surface area (Å²) in [5, 5.41) is 12.2. The molecule has 3 aromatic rings. The smallest absolute Gasteiger partial charge is 0.371 e. The molecule has 0 aliphatic carbocycles. The number of pyridine rings is 1. The molecule has 20 heavy (non-hydrogen) atoms. The number of aromatic carboxylic acids is 1. The molecule has 6 heteroatoms. The highest BCUT2D eigenvalue weighted by atomic mass is 79.9. The van der Waals surface area contributed by atoms with Gasteiger partial charge >= 0.3 is 5.97 Å². The third-order valence-corrected chi connectivity index (χ3v) is 4.34. The summed E-state index contributed by atoms with van der Waals surface area (Å²) in [6, 6.07) is 10.9. The van der Waals surface area contributed by atoms with E-state index in [1.807, 2.05) is 24.3 Å². The molecule has 0 spiro atoms. The van der Waals surface area contributed by atoms with Crippen LogP contribution in [0.25, 0.3) is 10.8 Å². The molecule has 1 aromatic carbocycles. The molecule has 0 saturated carbocycles. The zero-order valence-corrected chi connectivity index (χ0v) is 12.4. The summed E-state index contributed by atoms with van der Waals surface area (Å²) in [6.07, 6.45) is 1.72. The number of benzene rings is 1. The zero-order chi connectivity index (χ0) is 14.1. The minimum Gasteiger partial charge on any atom is -0.475 e. The van der Waals surface area contributed by atoms with Crippen molar-refractivity contribution in [2.75, 3.05) is 0 Å². The highest BCUT2D eigenvalue weighted by Gasteiger charge is 2.12. The number of hydrogen-bond acceptors (Lipinski definition) is 4. The molecule has 0 atom stereocenters. The first kappa shape index (κ1) is 13.2. The van der Waals surface area contributed by atoms with Gasteiger partial charge in [0.05, 0.1) is 0 Å². The highest BCUT2D eigenvalue weighted by Crippen LogP contribution is 2.34. The predicted molar refractivity (Wildman–Crippen MR) is 79.2 cm³/mol. The molecular weight excluding hydrogens is 342 g/mol. The van der Waals surface area contributed by atoms with Gasteiger partial charge in [0.15, 0.2) is 5.09 Å². The van der Waals surface area contributed by atoms with Crippen molar-refractivity contribution in [2.24, 2.45) is 0 Å². The lowest BCUT2D eigenvalue weighted by molar-refractivity contribution is 0.0656. The molecule has 0 aliphatic heterocycles. The van der Waals surface area contributed by atoms with Crippen LogP contribution >= 0.6 is 27.7 Å². The summed E-state index contributed by atoms with van der Waals surface area (Å²) in [7, 11) is 0. The third-order valence-electron chi connectivity index (χ3n) is 2.71. The molecule has 2 heterocycles. The van der Waals surface area contributed by atoms with E-state index in [-0.39, 0.29) is 5.76 Å². The molecule has 0 unspecified atom stereocenters. The Balaban J connectivity index is 2.02. The van der Waals surface area contributed by atoms with Gasteiger partial charge in [-0.25, -0.2) is 9.78 Å². The van der Waals surface area contributed by atoms with Gasteiger partial charge in [-0.1, -0.05) is 28.1 Å². The van der Waals surface area contributed by atoms with Crippen molar-refractivity contribution in [3.05, 3.63) is 52.8 Å². The summed E-state index contributed by atoms with van der Waals surface area (Å²) in [4.78, 5) is 15.1. The average Bonchev–Trinajstić information content (AvgIpc) is 2.89. The molecule has 0 saturated heterocycles. The normalized spacial score (nSPS) is 10.8. The number of carboxylic acid groups (broad SMARTS) is 1. The molecule has 100 valence electrons. The van der Waals surface area contributed by atoms with E-state index in [0.717, 1.165) is 20.3 Å². The summed E-state index contributed by atoms with van der Waals surface area (Å²) >= 11 is 4.80. The van der Waals surface area contributed by atoms with E-state index in [0.29, 0.717) is 5.09 Å². The van der Waals surface area contributed by atoms with Gasteiger partial charge in [0.2, 0.25) is 5.76 Å². The lowest BCUT2D eigenvalue weighted by atomic mass is 10.2. The summed E-state index contributed by atoms with van der Waals surface area (Å²) < 4.78 is 6.23. The Morgan fingerprint density at radius 3 is 2.80 bits per heavy atom. The van der Waals surface area contributed by atoms with Crippen LogP contribution in [0.1, 0.15) is 10.6 Å². The fourth-order valence-electron chi connectivity index (χ4n) is 1.81. The van der Waals surface area contributed by atoms with E-state index in [1.54, 1.807) is 12.3 Å². The Morgan fingerprint density at radius 2 is 2.05 bits per heavy atom. The number of halogens is 1. The Labute approximate surface area is 126 Å². The van der Waals surface area contributed by atoms with Gasteiger partial charge < -0.3 is 9.52 Å². The van der Waals surface area contributed by atoms with Crippen LogP contribution in [0, 0.1) is 0 Å². The summed E-state index contributed by atoms with van der Waals surface area (Å²) in [5.41, 5.74) is 0. The topological polar surface area (TPSA) is 63.3 Å². The van der Waals surface area contributed by atoms with Gasteiger partial charge in [-0.05, 0) is 36.0 Å². The van der Waals surface area contributed by atoms with Crippen LogP contribution in [0.2, 0.25) is 0 Å². The highest BCUT2D eigenvalue weighted by molar-refractivity contribution is 9.10. The average molecular weight is 350 g/mol. The van der Waals surface area contributed by atoms with E-state index in [4.69, 9.17) is 9.52 Å². The zero-order valence-electron chi connectivity index (χ0n) is 10.0. The molecule has 0 bridgehead atoms. The Kier molecular flexibility index (Phi) is 3.50. The van der Waals surface area contributed by atoms with E-state index < -0.39 is 5.97 Å². The summed E-state index contributed by atoms with van der Waals surface area (Å²) in [5.74, 6) is -1.15. The Bertz CT molecular complexity index is 800. The first-order valence-corrected chi connectivity index (χ1v) is 7.30. The molecular formula is C14H8BrNO3S. The Morgan fingerprint density at radius 1 is 1.20 bits per heavy atom. The second kappa shape index (κ2) is 5.30. The maximum absolute atomic E-state index is 10.8. The number of rotatable bonds is 3. The van der Waals surface area contributed by atoms with Crippen LogP contribution in [-0.2, 0) is 0 Å². The van der Waals surface area contributed by atoms with Crippen molar-refractivity contribution in [1.29, 1.82) is 0 Å². The SMILES string of the molecule is O=C(O)c1ccc(Sc2nccc3c(Br)cccc23)o1. The molecule has 0 amide bonds. The number of carbonyl (C=O) groups is 1. The van der Waals surface area contributed by atoms with Crippen LogP contribution in [0.4, 0.5) is 0 Å². The van der Waals surface area contributed by atoms with Gasteiger partial charge in [-0.2, -0.15) is 0 Å². The second-order valence-electron chi connectivity index (χ2n) is 3.98. The maximum Gasteiger partial charge on any atom is 0.371 e. The summed E-state index contributed by atoms with van der Waals surface area (Å²) in [6.45, 7) is 0. The predicted octanol–water partition coefficient (Wildman–Crippen LogP) is 4.44. The first-order chi connectivity index (χ1) is 9.65. The fraction of sp³-hybridized carbons (Fsp3) is 0. The fourth-order valence-corrected chi connectivity index (χ4v) is 3.17. The van der Waals surface area contributed by atoms with Gasteiger partial charge in [0, 0.05) is 21.4 Å². The van der Waals surface area contributed by atoms with Crippen molar-refractivity contribution in [3.63, 3.8) is 0 Å². The molecule has 1 N–H and O–H groups in total. The third kappa shape index (κ3) is 2.44. The standard InChI is InChI=1S/C14H8BrNO3S/c15-10-3-1-2-9-8(10)6-7-16-13(9)20-12-5-4-11(19-12)14(17)18/h1-7H,(H,17,18). The van der Waals surface area contributed by atoms with E-state index in [1.165, 1.54) is 17.8 Å². The van der Waals surface area contributed by atoms with Gasteiger partial charge in [-0.3, -0.25) is 0 Å². The van der Waals surface area contributed by atoms with Crippen molar-refractivity contribution >= 4 is 44.4 Å². The minimum absolute atomic E-state index is 0.0751. The van der Waals surface area contributed by atoms with Crippen LogP contribution in [-0.4, -0.2) is 16.1 Å². The quantitative estimate of drug-likeness (QED) is 0.757. The maximum atomic E-state index is 10.8. The largest absolute Gasteiger partial charge is 0.475 e. The van der Waals surface area contributed by atoms with Gasteiger partial charge in [-0.15, -0.1) is 0 Å². The number of hydrogen-bond donors (Lipinski definition) is 1. The molecule has 4 nitrogen and oxygen atoms in total. The van der Waals surface area contributed by atoms with E-state index in [9.17, 15) is 4.79 Å². The van der Waals surface area contributed by atoms with Crippen molar-refractivity contribution < 1.29 is 14.3 Å². The Hall–Kier alpha value is -1.79. The monoisotopic (exact) mass is 349 g/mol. The molecule has 2 aromatic heterocycles. The van der Waals surface area contributed by atoms with Crippen molar-refractivity contribution in [2.45, 2.75) is 10.1 Å². The number of nitrogens with zero attached hydrogens (tertiary/aromatic N) is 1.